The summed E-state index contributed by atoms with van der Waals surface area (Å²) in [7, 11) is -2.04. The van der Waals surface area contributed by atoms with Crippen LogP contribution in [0, 0.1) is 0 Å². The minimum Gasteiger partial charge on any atom is -0.394 e. The van der Waals surface area contributed by atoms with Gasteiger partial charge in [0, 0.05) is 24.3 Å². The first kappa shape index (κ1) is 17.1. The highest BCUT2D eigenvalue weighted by Crippen LogP contribution is 2.40. The summed E-state index contributed by atoms with van der Waals surface area (Å²) >= 11 is 0. The largest absolute Gasteiger partial charge is 0.394 e. The van der Waals surface area contributed by atoms with Gasteiger partial charge in [0.05, 0.1) is 0 Å². The van der Waals surface area contributed by atoms with Gasteiger partial charge in [-0.2, -0.15) is 0 Å². The minimum atomic E-state index is -2.04. The molecular formula is C14H32O2Si. The molecule has 0 amide bonds. The van der Waals surface area contributed by atoms with Crippen molar-refractivity contribution in [2.24, 2.45) is 0 Å². The molecule has 3 heteroatoms. The smallest absolute Gasteiger partial charge is 0.343 e. The molecule has 2 nitrogen and oxygen atoms in total. The maximum absolute atomic E-state index is 6.22. The summed E-state index contributed by atoms with van der Waals surface area (Å²) in [4.78, 5) is 0. The lowest BCUT2D eigenvalue weighted by molar-refractivity contribution is 0.161. The van der Waals surface area contributed by atoms with E-state index < -0.39 is 8.56 Å². The zero-order chi connectivity index (χ0) is 13.3. The van der Waals surface area contributed by atoms with Crippen LogP contribution < -0.4 is 0 Å². The highest BCUT2D eigenvalue weighted by atomic mass is 28.4. The van der Waals surface area contributed by atoms with Crippen LogP contribution in [0.25, 0.3) is 0 Å². The fourth-order valence-electron chi connectivity index (χ4n) is 2.82. The third kappa shape index (κ3) is 4.72. The second kappa shape index (κ2) is 9.12. The molecule has 0 aliphatic rings. The van der Waals surface area contributed by atoms with Crippen LogP contribution >= 0.6 is 0 Å². The van der Waals surface area contributed by atoms with Crippen molar-refractivity contribution >= 4 is 8.56 Å². The summed E-state index contributed by atoms with van der Waals surface area (Å²) in [5.74, 6) is 0. The molecule has 0 N–H and O–H groups in total. The van der Waals surface area contributed by atoms with Crippen molar-refractivity contribution in [1.82, 2.24) is 0 Å². The molecule has 0 aromatic rings. The van der Waals surface area contributed by atoms with Gasteiger partial charge in [-0.15, -0.1) is 0 Å². The molecular weight excluding hydrogens is 228 g/mol. The lowest BCUT2D eigenvalue weighted by Crippen LogP contribution is -2.49. The van der Waals surface area contributed by atoms with Gasteiger partial charge in [0.2, 0.25) is 0 Å². The third-order valence-corrected chi connectivity index (χ3v) is 8.36. The Morgan fingerprint density at radius 1 is 0.765 bits per heavy atom. The lowest BCUT2D eigenvalue weighted by atomic mass is 10.2. The first-order valence-electron chi connectivity index (χ1n) is 7.36. The van der Waals surface area contributed by atoms with Crippen molar-refractivity contribution in [3.8, 4) is 0 Å². The Morgan fingerprint density at radius 3 is 1.35 bits per heavy atom. The molecule has 0 aromatic carbocycles. The van der Waals surface area contributed by atoms with Gasteiger partial charge in [-0.25, -0.2) is 0 Å². The molecule has 104 valence electrons. The summed E-state index contributed by atoms with van der Waals surface area (Å²) in [5.41, 5.74) is 1.18. The van der Waals surface area contributed by atoms with Crippen LogP contribution in [0.1, 0.15) is 67.2 Å². The maximum Gasteiger partial charge on any atom is 0.343 e. The van der Waals surface area contributed by atoms with Gasteiger partial charge in [0.15, 0.2) is 0 Å². The molecule has 0 radical (unpaired) electrons. The molecule has 0 aliphatic heterocycles. The van der Waals surface area contributed by atoms with E-state index in [-0.39, 0.29) is 0 Å². The van der Waals surface area contributed by atoms with E-state index in [0.717, 1.165) is 13.2 Å². The SMILES string of the molecule is CCCC(C)[Si](OCC)(OCC)C(C)CCC. The maximum atomic E-state index is 6.22. The number of hydrogen-bond donors (Lipinski definition) is 0. The van der Waals surface area contributed by atoms with Gasteiger partial charge < -0.3 is 8.85 Å². The van der Waals surface area contributed by atoms with E-state index in [1.54, 1.807) is 0 Å². The highest BCUT2D eigenvalue weighted by molar-refractivity contribution is 6.70. The van der Waals surface area contributed by atoms with Crippen LogP contribution in [0.5, 0.6) is 0 Å². The molecule has 0 aliphatic carbocycles. The van der Waals surface area contributed by atoms with Crippen LogP contribution in [0.3, 0.4) is 0 Å². The van der Waals surface area contributed by atoms with Gasteiger partial charge >= 0.3 is 8.56 Å². The monoisotopic (exact) mass is 260 g/mol. The average molecular weight is 260 g/mol. The highest BCUT2D eigenvalue weighted by Gasteiger charge is 2.47. The zero-order valence-corrected chi connectivity index (χ0v) is 13.7. The van der Waals surface area contributed by atoms with Crippen molar-refractivity contribution in [2.75, 3.05) is 13.2 Å². The molecule has 0 rings (SSSR count). The Kier molecular flexibility index (Phi) is 9.19. The fraction of sp³-hybridized carbons (Fsp3) is 1.00. The second-order valence-corrected chi connectivity index (χ2v) is 8.96. The van der Waals surface area contributed by atoms with E-state index in [1.807, 2.05) is 0 Å². The van der Waals surface area contributed by atoms with Crippen molar-refractivity contribution in [3.05, 3.63) is 0 Å². The predicted octanol–water partition coefficient (Wildman–Crippen LogP) is 4.88. The van der Waals surface area contributed by atoms with Crippen LogP contribution in [0.2, 0.25) is 11.1 Å². The molecule has 0 saturated heterocycles. The van der Waals surface area contributed by atoms with Crippen molar-refractivity contribution < 1.29 is 8.85 Å². The van der Waals surface area contributed by atoms with Crippen molar-refractivity contribution in [3.63, 3.8) is 0 Å². The Morgan fingerprint density at radius 2 is 1.12 bits per heavy atom. The molecule has 0 saturated carbocycles. The predicted molar refractivity (Wildman–Crippen MR) is 77.7 cm³/mol. The lowest BCUT2D eigenvalue weighted by Gasteiger charge is -2.39. The van der Waals surface area contributed by atoms with E-state index in [2.05, 4.69) is 41.5 Å². The molecule has 2 atom stereocenters. The van der Waals surface area contributed by atoms with Gasteiger partial charge in [0.1, 0.15) is 0 Å². The quantitative estimate of drug-likeness (QED) is 0.521. The molecule has 0 heterocycles. The van der Waals surface area contributed by atoms with Gasteiger partial charge in [-0.1, -0.05) is 40.5 Å². The average Bonchev–Trinajstić information content (AvgIpc) is 2.29. The topological polar surface area (TPSA) is 18.5 Å². The first-order valence-corrected chi connectivity index (χ1v) is 9.33. The van der Waals surface area contributed by atoms with Crippen LogP contribution in [0.4, 0.5) is 0 Å². The van der Waals surface area contributed by atoms with Crippen LogP contribution in [-0.4, -0.2) is 21.8 Å². The first-order chi connectivity index (χ1) is 8.08. The van der Waals surface area contributed by atoms with E-state index in [9.17, 15) is 0 Å². The Balaban J connectivity index is 4.94. The molecule has 2 unspecified atom stereocenters. The number of rotatable bonds is 10. The van der Waals surface area contributed by atoms with Gasteiger partial charge in [-0.05, 0) is 26.7 Å². The molecule has 0 bridgehead atoms. The number of hydrogen-bond acceptors (Lipinski definition) is 2. The van der Waals surface area contributed by atoms with Crippen LogP contribution in [-0.2, 0) is 8.85 Å². The third-order valence-electron chi connectivity index (χ3n) is 3.56. The summed E-state index contributed by atoms with van der Waals surface area (Å²) < 4.78 is 12.4. The van der Waals surface area contributed by atoms with Gasteiger partial charge in [0.25, 0.3) is 0 Å². The normalized spacial score (nSPS) is 15.9. The summed E-state index contributed by atoms with van der Waals surface area (Å²) in [6.45, 7) is 14.9. The van der Waals surface area contributed by atoms with E-state index in [1.165, 1.54) is 25.7 Å². The van der Waals surface area contributed by atoms with Crippen LogP contribution in [0.15, 0.2) is 0 Å². The summed E-state index contributed by atoms with van der Waals surface area (Å²) in [5, 5.41) is 0. The Bertz CT molecular complexity index is 165. The fourth-order valence-corrected chi connectivity index (χ4v) is 7.29. The molecule has 0 spiro atoms. The minimum absolute atomic E-state index is 0.592. The zero-order valence-electron chi connectivity index (χ0n) is 12.7. The van der Waals surface area contributed by atoms with Crippen molar-refractivity contribution in [1.29, 1.82) is 0 Å². The second-order valence-electron chi connectivity index (χ2n) is 4.97. The van der Waals surface area contributed by atoms with E-state index in [0.29, 0.717) is 11.1 Å². The molecule has 17 heavy (non-hydrogen) atoms. The van der Waals surface area contributed by atoms with Crippen molar-refractivity contribution in [2.45, 2.75) is 78.3 Å². The standard InChI is InChI=1S/C14H32O2Si/c1-7-11-13(5)17(15-9-3,16-10-4)14(6)12-8-2/h13-14H,7-12H2,1-6H3. The molecule has 0 aromatic heterocycles. The van der Waals surface area contributed by atoms with E-state index >= 15 is 0 Å². The van der Waals surface area contributed by atoms with E-state index in [4.69, 9.17) is 8.85 Å². The summed E-state index contributed by atoms with van der Waals surface area (Å²) in [6.07, 6.45) is 4.88. The Labute approximate surface area is 109 Å². The van der Waals surface area contributed by atoms with Gasteiger partial charge in [-0.3, -0.25) is 0 Å². The summed E-state index contributed by atoms with van der Waals surface area (Å²) in [6, 6.07) is 0. The molecule has 0 fully saturated rings. The Hall–Kier alpha value is 0.137.